The van der Waals surface area contributed by atoms with E-state index in [1.165, 1.54) is 6.20 Å². The Morgan fingerprint density at radius 2 is 1.65 bits per heavy atom. The van der Waals surface area contributed by atoms with E-state index in [-0.39, 0.29) is 46.8 Å². The number of quaternary nitrogens is 1. The van der Waals surface area contributed by atoms with Crippen molar-refractivity contribution in [2.24, 2.45) is 17.8 Å². The molecular weight excluding hydrogens is 500 g/mol. The minimum atomic E-state index is -1.34. The molecule has 8 nitrogen and oxygen atoms in total. The summed E-state index contributed by atoms with van der Waals surface area (Å²) in [4.78, 5) is 34.5. The molecule has 0 aromatic carbocycles. The molecule has 0 unspecified atom stereocenters. The van der Waals surface area contributed by atoms with Gasteiger partial charge in [-0.3, -0.25) is 9.78 Å². The molecule has 188 valence electrons. The lowest BCUT2D eigenvalue weighted by molar-refractivity contribution is -0.939. The van der Waals surface area contributed by atoms with Gasteiger partial charge in [-0.1, -0.05) is 25.7 Å². The van der Waals surface area contributed by atoms with Gasteiger partial charge in [-0.15, -0.1) is 0 Å². The van der Waals surface area contributed by atoms with Gasteiger partial charge in [-0.25, -0.2) is 9.78 Å². The number of hydrogen-bond acceptors (Lipinski definition) is 6. The van der Waals surface area contributed by atoms with E-state index in [4.69, 9.17) is 4.74 Å². The highest BCUT2D eigenvalue weighted by Crippen LogP contribution is 2.46. The van der Waals surface area contributed by atoms with Gasteiger partial charge in [0.25, 0.3) is 5.91 Å². The van der Waals surface area contributed by atoms with Crippen LogP contribution in [-0.2, 0) is 14.3 Å². The van der Waals surface area contributed by atoms with Crippen molar-refractivity contribution in [3.8, 4) is 0 Å². The van der Waals surface area contributed by atoms with Crippen molar-refractivity contribution < 1.29 is 40.9 Å². The third kappa shape index (κ3) is 5.02. The summed E-state index contributed by atoms with van der Waals surface area (Å²) in [6, 6.07) is 0. The molecule has 0 spiro atoms. The second-order valence-electron chi connectivity index (χ2n) is 10.8. The van der Waals surface area contributed by atoms with Crippen molar-refractivity contribution >= 4 is 17.7 Å². The van der Waals surface area contributed by atoms with E-state index in [2.05, 4.69) is 15.3 Å². The van der Waals surface area contributed by atoms with Crippen molar-refractivity contribution in [2.45, 2.75) is 75.9 Å². The highest BCUT2D eigenvalue weighted by Gasteiger charge is 2.55. The molecule has 6 rings (SSSR count). The topological polar surface area (TPSA) is 101 Å². The monoisotopic (exact) mass is 536 g/mol. The fourth-order valence-electron chi connectivity index (χ4n) is 7.06. The number of piperidine rings is 3. The van der Waals surface area contributed by atoms with Crippen LogP contribution in [0.4, 0.5) is 5.82 Å². The minimum Gasteiger partial charge on any atom is -1.00 e. The molecule has 1 aromatic rings. The molecule has 9 heteroatoms. The molecule has 2 aliphatic carbocycles. The van der Waals surface area contributed by atoms with Gasteiger partial charge >= 0.3 is 5.97 Å². The number of hydrogen-bond donors (Lipinski definition) is 2. The number of amides is 1. The Balaban J connectivity index is 0.00000274. The maximum atomic E-state index is 13.6. The van der Waals surface area contributed by atoms with E-state index < -0.39 is 5.60 Å². The number of carbonyl (C=O) groups excluding carboxylic acids is 2. The van der Waals surface area contributed by atoms with E-state index in [1.807, 2.05) is 0 Å². The van der Waals surface area contributed by atoms with Crippen molar-refractivity contribution in [2.75, 3.05) is 31.5 Å². The molecule has 4 heterocycles. The van der Waals surface area contributed by atoms with Crippen molar-refractivity contribution in [3.05, 3.63) is 18.6 Å². The first-order valence-electron chi connectivity index (χ1n) is 12.8. The van der Waals surface area contributed by atoms with Crippen molar-refractivity contribution in [3.63, 3.8) is 0 Å². The van der Waals surface area contributed by atoms with Crippen LogP contribution in [0.5, 0.6) is 0 Å². The van der Waals surface area contributed by atoms with Crippen LogP contribution < -0.4 is 22.3 Å². The van der Waals surface area contributed by atoms with Gasteiger partial charge in [0.2, 0.25) is 0 Å². The Labute approximate surface area is 212 Å². The number of aliphatic hydroxyl groups is 1. The first-order valence-corrected chi connectivity index (χ1v) is 12.8. The van der Waals surface area contributed by atoms with Crippen LogP contribution >= 0.6 is 0 Å². The number of esters is 1. The number of nitrogens with zero attached hydrogens (tertiary/aromatic N) is 3. The second kappa shape index (κ2) is 10.6. The van der Waals surface area contributed by atoms with Gasteiger partial charge in [-0.05, 0) is 37.5 Å². The van der Waals surface area contributed by atoms with Crippen molar-refractivity contribution in [1.82, 2.24) is 9.97 Å². The van der Waals surface area contributed by atoms with Crippen molar-refractivity contribution in [1.29, 1.82) is 0 Å². The standard InChI is InChI=1S/C25H36N4O4.BrH/c30-23(28-22-15-26-11-12-27-22)17-29-13-9-18(10-14-29)21(16-29)33-24(31)25(32,19-5-1-2-6-19)20-7-3-4-8-20;/h11-12,15,18-21,32H,1-10,13-14,16-17H2;1H/t18?,21-,29?;/m0./s1. The number of fused-ring (bicyclic) bond motifs is 3. The Kier molecular flexibility index (Phi) is 7.94. The maximum Gasteiger partial charge on any atom is 0.339 e. The quantitative estimate of drug-likeness (QED) is 0.366. The van der Waals surface area contributed by atoms with E-state index in [0.717, 1.165) is 77.3 Å². The first kappa shape index (κ1) is 25.5. The molecule has 3 saturated heterocycles. The number of nitrogens with one attached hydrogen (secondary N) is 1. The molecule has 0 radical (unpaired) electrons. The van der Waals surface area contributed by atoms with Gasteiger partial charge in [0.1, 0.15) is 6.54 Å². The summed E-state index contributed by atoms with van der Waals surface area (Å²) in [6.07, 6.45) is 14.3. The zero-order chi connectivity index (χ0) is 22.9. The summed E-state index contributed by atoms with van der Waals surface area (Å²) in [6.45, 7) is 2.83. The summed E-state index contributed by atoms with van der Waals surface area (Å²) in [5.41, 5.74) is -1.34. The van der Waals surface area contributed by atoms with Crippen LogP contribution in [-0.4, -0.2) is 69.3 Å². The molecule has 2 bridgehead atoms. The molecule has 1 aromatic heterocycles. The van der Waals surface area contributed by atoms with Gasteiger partial charge in [-0.2, -0.15) is 0 Å². The Hall–Kier alpha value is -1.58. The third-order valence-corrected chi connectivity index (χ3v) is 8.89. The lowest BCUT2D eigenvalue weighted by atomic mass is 9.74. The fraction of sp³-hybridized carbons (Fsp3) is 0.760. The lowest BCUT2D eigenvalue weighted by Crippen LogP contribution is -3.00. The lowest BCUT2D eigenvalue weighted by Gasteiger charge is -2.52. The molecular formula is C25H37BrN4O4. The SMILES string of the molecule is O=C(C[N+]12CCC(CC1)[C@@H](OC(=O)C(O)(C1CCCC1)C1CCCC1)C2)Nc1cnccn1.[Br-]. The summed E-state index contributed by atoms with van der Waals surface area (Å²) in [5.74, 6) is 0.351. The molecule has 5 aliphatic rings. The Morgan fingerprint density at radius 1 is 1.03 bits per heavy atom. The largest absolute Gasteiger partial charge is 1.00 e. The number of ether oxygens (including phenoxy) is 1. The molecule has 2 N–H and O–H groups in total. The van der Waals surface area contributed by atoms with Crippen LogP contribution in [0, 0.1) is 17.8 Å². The maximum absolute atomic E-state index is 13.6. The first-order chi connectivity index (χ1) is 16.0. The number of anilines is 1. The van der Waals surface area contributed by atoms with Crippen LogP contribution in [0.1, 0.15) is 64.2 Å². The van der Waals surface area contributed by atoms with E-state index >= 15 is 0 Å². The summed E-state index contributed by atoms with van der Waals surface area (Å²) < 4.78 is 6.81. The van der Waals surface area contributed by atoms with E-state index in [0.29, 0.717) is 29.3 Å². The highest BCUT2D eigenvalue weighted by molar-refractivity contribution is 5.90. The third-order valence-electron chi connectivity index (χ3n) is 8.89. The molecule has 5 fully saturated rings. The van der Waals surface area contributed by atoms with Crippen LogP contribution in [0.3, 0.4) is 0 Å². The van der Waals surface area contributed by atoms with Crippen LogP contribution in [0.2, 0.25) is 0 Å². The molecule has 1 atom stereocenters. The predicted octanol–water partition coefficient (Wildman–Crippen LogP) is -0.317. The zero-order valence-electron chi connectivity index (χ0n) is 19.8. The van der Waals surface area contributed by atoms with Crippen LogP contribution in [0.15, 0.2) is 18.6 Å². The summed E-state index contributed by atoms with van der Waals surface area (Å²) >= 11 is 0. The Bertz CT molecular complexity index is 834. The normalized spacial score (nSPS) is 29.6. The molecule has 34 heavy (non-hydrogen) atoms. The van der Waals surface area contributed by atoms with Gasteiger partial charge in [0.15, 0.2) is 24.1 Å². The van der Waals surface area contributed by atoms with Gasteiger partial charge in [0.05, 0.1) is 19.3 Å². The van der Waals surface area contributed by atoms with E-state index in [9.17, 15) is 14.7 Å². The summed E-state index contributed by atoms with van der Waals surface area (Å²) in [7, 11) is 0. The second-order valence-corrected chi connectivity index (χ2v) is 10.8. The number of carbonyl (C=O) groups is 2. The predicted molar refractivity (Wildman–Crippen MR) is 122 cm³/mol. The average Bonchev–Trinajstić information content (AvgIpc) is 3.54. The minimum absolute atomic E-state index is 0. The zero-order valence-corrected chi connectivity index (χ0v) is 21.4. The molecule has 3 aliphatic heterocycles. The fourth-order valence-corrected chi connectivity index (χ4v) is 7.06. The average molecular weight is 537 g/mol. The van der Waals surface area contributed by atoms with Gasteiger partial charge in [0, 0.05) is 31.2 Å². The Morgan fingerprint density at radius 3 is 2.21 bits per heavy atom. The highest BCUT2D eigenvalue weighted by atomic mass is 79.9. The van der Waals surface area contributed by atoms with E-state index in [1.54, 1.807) is 12.4 Å². The van der Waals surface area contributed by atoms with Gasteiger partial charge < -0.3 is 36.6 Å². The number of halogens is 1. The molecule has 1 amide bonds. The number of rotatable bonds is 7. The summed E-state index contributed by atoms with van der Waals surface area (Å²) in [5, 5.41) is 14.6. The smallest absolute Gasteiger partial charge is 0.339 e. The number of aromatic nitrogens is 2. The molecule has 2 saturated carbocycles. The van der Waals surface area contributed by atoms with Crippen LogP contribution in [0.25, 0.3) is 0 Å².